The van der Waals surface area contributed by atoms with Crippen LogP contribution in [0.25, 0.3) is 11.5 Å². The Bertz CT molecular complexity index is 927. The Morgan fingerprint density at radius 3 is 2.39 bits per heavy atom. The van der Waals surface area contributed by atoms with Gasteiger partial charge in [-0.3, -0.25) is 24.6 Å². The van der Waals surface area contributed by atoms with E-state index in [9.17, 15) is 14.4 Å². The maximum absolute atomic E-state index is 12.4. The zero-order chi connectivity index (χ0) is 19.7. The van der Waals surface area contributed by atoms with Crippen LogP contribution in [0.5, 0.6) is 0 Å². The van der Waals surface area contributed by atoms with Crippen molar-refractivity contribution in [2.24, 2.45) is 11.8 Å². The number of carbonyl (C=O) groups excluding carboxylic acids is 3. The number of amides is 3. The predicted octanol–water partition coefficient (Wildman–Crippen LogP) is 2.67. The normalized spacial score (nSPS) is 21.1. The summed E-state index contributed by atoms with van der Waals surface area (Å²) < 4.78 is 5.42. The van der Waals surface area contributed by atoms with Crippen molar-refractivity contribution in [1.29, 1.82) is 0 Å². The standard InChI is InChI=1S/C19H17ClN4O4/c20-12-7-5-11(6-8-12)16-22-23-19(28-16)21-15(25)9-10-24-17(26)13-3-1-2-4-14(13)18(24)27/h1-2,5-8,13-14H,3-4,9-10H2,(H,21,23,25)/t13-,14-/m1/s1. The van der Waals surface area contributed by atoms with Gasteiger partial charge < -0.3 is 4.42 Å². The fourth-order valence-corrected chi connectivity index (χ4v) is 3.59. The Morgan fingerprint density at radius 1 is 1.11 bits per heavy atom. The molecule has 0 spiro atoms. The number of aromatic nitrogens is 2. The number of benzene rings is 1. The molecule has 1 aromatic carbocycles. The second kappa shape index (κ2) is 7.55. The first-order chi connectivity index (χ1) is 13.5. The first-order valence-corrected chi connectivity index (χ1v) is 9.30. The predicted molar refractivity (Wildman–Crippen MR) is 100 cm³/mol. The fourth-order valence-electron chi connectivity index (χ4n) is 3.47. The number of rotatable bonds is 5. The van der Waals surface area contributed by atoms with E-state index in [1.165, 1.54) is 4.90 Å². The smallest absolute Gasteiger partial charge is 0.322 e. The molecule has 0 radical (unpaired) electrons. The van der Waals surface area contributed by atoms with E-state index >= 15 is 0 Å². The van der Waals surface area contributed by atoms with Crippen molar-refractivity contribution in [1.82, 2.24) is 15.1 Å². The molecule has 1 aromatic heterocycles. The van der Waals surface area contributed by atoms with E-state index in [1.807, 2.05) is 12.2 Å². The topological polar surface area (TPSA) is 105 Å². The van der Waals surface area contributed by atoms with Gasteiger partial charge in [0.15, 0.2) is 0 Å². The fraction of sp³-hybridized carbons (Fsp3) is 0.316. The number of imide groups is 1. The average molecular weight is 401 g/mol. The van der Waals surface area contributed by atoms with Gasteiger partial charge in [0.05, 0.1) is 11.8 Å². The van der Waals surface area contributed by atoms with Gasteiger partial charge in [0.25, 0.3) is 0 Å². The third-order valence-electron chi connectivity index (χ3n) is 4.92. The van der Waals surface area contributed by atoms with Gasteiger partial charge in [-0.1, -0.05) is 28.9 Å². The molecule has 4 rings (SSSR count). The van der Waals surface area contributed by atoms with Crippen LogP contribution >= 0.6 is 11.6 Å². The van der Waals surface area contributed by atoms with Crippen molar-refractivity contribution in [2.75, 3.05) is 11.9 Å². The van der Waals surface area contributed by atoms with Crippen LogP contribution in [0.2, 0.25) is 5.02 Å². The minimum atomic E-state index is -0.417. The molecule has 1 saturated heterocycles. The number of hydrogen-bond acceptors (Lipinski definition) is 6. The van der Waals surface area contributed by atoms with Crippen LogP contribution in [0.1, 0.15) is 19.3 Å². The largest absolute Gasteiger partial charge is 0.403 e. The summed E-state index contributed by atoms with van der Waals surface area (Å²) >= 11 is 5.84. The van der Waals surface area contributed by atoms with E-state index in [2.05, 4.69) is 15.5 Å². The van der Waals surface area contributed by atoms with Crippen molar-refractivity contribution in [3.63, 3.8) is 0 Å². The number of hydrogen-bond donors (Lipinski definition) is 1. The number of nitrogens with zero attached hydrogens (tertiary/aromatic N) is 3. The quantitative estimate of drug-likeness (QED) is 0.611. The number of halogens is 1. The zero-order valence-electron chi connectivity index (χ0n) is 14.8. The molecule has 8 nitrogen and oxygen atoms in total. The molecule has 28 heavy (non-hydrogen) atoms. The molecule has 2 aromatic rings. The molecule has 1 fully saturated rings. The molecule has 2 aliphatic rings. The number of fused-ring (bicyclic) bond motifs is 1. The van der Waals surface area contributed by atoms with Crippen molar-refractivity contribution < 1.29 is 18.8 Å². The molecule has 0 bridgehead atoms. The first-order valence-electron chi connectivity index (χ1n) is 8.92. The monoisotopic (exact) mass is 400 g/mol. The maximum atomic E-state index is 12.4. The summed E-state index contributed by atoms with van der Waals surface area (Å²) in [6.45, 7) is 0.0364. The number of anilines is 1. The van der Waals surface area contributed by atoms with Crippen LogP contribution in [0.3, 0.4) is 0 Å². The van der Waals surface area contributed by atoms with Crippen molar-refractivity contribution >= 4 is 35.3 Å². The van der Waals surface area contributed by atoms with E-state index in [0.29, 0.717) is 23.4 Å². The minimum Gasteiger partial charge on any atom is -0.403 e. The Hall–Kier alpha value is -3.00. The second-order valence-corrected chi connectivity index (χ2v) is 7.14. The molecule has 0 unspecified atom stereocenters. The summed E-state index contributed by atoms with van der Waals surface area (Å²) in [6.07, 6.45) is 4.97. The lowest BCUT2D eigenvalue weighted by molar-refractivity contribution is -0.140. The molecule has 2 atom stereocenters. The Morgan fingerprint density at radius 2 is 1.75 bits per heavy atom. The molecule has 1 aliphatic carbocycles. The number of nitrogens with one attached hydrogen (secondary N) is 1. The van der Waals surface area contributed by atoms with Gasteiger partial charge in [-0.05, 0) is 37.1 Å². The third-order valence-corrected chi connectivity index (χ3v) is 5.18. The zero-order valence-corrected chi connectivity index (χ0v) is 15.6. The number of allylic oxidation sites excluding steroid dienone is 2. The Balaban J connectivity index is 1.33. The summed E-state index contributed by atoms with van der Waals surface area (Å²) in [6, 6.07) is 6.78. The van der Waals surface area contributed by atoms with Crippen LogP contribution in [-0.4, -0.2) is 39.4 Å². The van der Waals surface area contributed by atoms with Crippen LogP contribution in [-0.2, 0) is 14.4 Å². The highest BCUT2D eigenvalue weighted by Crippen LogP contribution is 2.35. The highest BCUT2D eigenvalue weighted by Gasteiger charge is 2.46. The molecule has 1 aliphatic heterocycles. The van der Waals surface area contributed by atoms with Crippen LogP contribution < -0.4 is 5.32 Å². The van der Waals surface area contributed by atoms with E-state index in [-0.39, 0.29) is 48.5 Å². The van der Waals surface area contributed by atoms with E-state index in [1.54, 1.807) is 24.3 Å². The molecule has 9 heteroatoms. The Labute approximate surface area is 165 Å². The average Bonchev–Trinajstić information content (AvgIpc) is 3.25. The molecular formula is C19H17ClN4O4. The first kappa shape index (κ1) is 18.4. The molecular weight excluding hydrogens is 384 g/mol. The molecule has 0 saturated carbocycles. The van der Waals surface area contributed by atoms with Gasteiger partial charge >= 0.3 is 6.01 Å². The molecule has 3 amide bonds. The van der Waals surface area contributed by atoms with E-state index < -0.39 is 5.91 Å². The SMILES string of the molecule is O=C(CCN1C(=O)[C@@H]2CC=CC[C@H]2C1=O)Nc1nnc(-c2ccc(Cl)cc2)o1. The van der Waals surface area contributed by atoms with E-state index in [0.717, 1.165) is 0 Å². The van der Waals surface area contributed by atoms with Crippen molar-refractivity contribution in [2.45, 2.75) is 19.3 Å². The minimum absolute atomic E-state index is 0.0364. The van der Waals surface area contributed by atoms with Gasteiger partial charge in [-0.25, -0.2) is 0 Å². The van der Waals surface area contributed by atoms with Gasteiger partial charge in [0, 0.05) is 23.6 Å². The lowest BCUT2D eigenvalue weighted by atomic mass is 9.85. The number of carbonyl (C=O) groups is 3. The lowest BCUT2D eigenvalue weighted by Crippen LogP contribution is -2.34. The van der Waals surface area contributed by atoms with Gasteiger partial charge in [0.1, 0.15) is 0 Å². The summed E-state index contributed by atoms with van der Waals surface area (Å²) in [7, 11) is 0. The summed E-state index contributed by atoms with van der Waals surface area (Å²) in [5, 5.41) is 10.7. The van der Waals surface area contributed by atoms with Gasteiger partial charge in [0.2, 0.25) is 23.6 Å². The van der Waals surface area contributed by atoms with E-state index in [4.69, 9.17) is 16.0 Å². The van der Waals surface area contributed by atoms with Crippen LogP contribution in [0.15, 0.2) is 40.8 Å². The molecule has 1 N–H and O–H groups in total. The van der Waals surface area contributed by atoms with Crippen molar-refractivity contribution in [3.05, 3.63) is 41.4 Å². The van der Waals surface area contributed by atoms with Gasteiger partial charge in [-0.2, -0.15) is 0 Å². The maximum Gasteiger partial charge on any atom is 0.322 e. The summed E-state index contributed by atoms with van der Waals surface area (Å²) in [4.78, 5) is 38.1. The van der Waals surface area contributed by atoms with Crippen LogP contribution in [0, 0.1) is 11.8 Å². The summed E-state index contributed by atoms with van der Waals surface area (Å²) in [5.41, 5.74) is 0.668. The highest BCUT2D eigenvalue weighted by atomic mass is 35.5. The second-order valence-electron chi connectivity index (χ2n) is 6.70. The van der Waals surface area contributed by atoms with Crippen molar-refractivity contribution in [3.8, 4) is 11.5 Å². The summed E-state index contributed by atoms with van der Waals surface area (Å²) in [5.74, 6) is -1.16. The third kappa shape index (κ3) is 3.55. The molecule has 2 heterocycles. The highest BCUT2D eigenvalue weighted by molar-refractivity contribution is 6.30. The lowest BCUT2D eigenvalue weighted by Gasteiger charge is -2.14. The van der Waals surface area contributed by atoms with Gasteiger partial charge in [-0.15, -0.1) is 5.10 Å². The van der Waals surface area contributed by atoms with Crippen LogP contribution in [0.4, 0.5) is 6.01 Å². The molecule has 144 valence electrons. The Kier molecular flexibility index (Phi) is 4.95. The number of likely N-dealkylation sites (tertiary alicyclic amines) is 1.